The topological polar surface area (TPSA) is 62.7 Å². The van der Waals surface area contributed by atoms with Gasteiger partial charge in [-0.2, -0.15) is 0 Å². The number of hydrogen-bond acceptors (Lipinski definition) is 5. The van der Waals surface area contributed by atoms with Gasteiger partial charge < -0.3 is 14.7 Å². The van der Waals surface area contributed by atoms with Gasteiger partial charge in [0.15, 0.2) is 0 Å². The number of aliphatic hydroxyl groups excluding tert-OH is 1. The fourth-order valence-corrected chi connectivity index (χ4v) is 2.69. The highest BCUT2D eigenvalue weighted by Crippen LogP contribution is 2.37. The molecule has 116 valence electrons. The zero-order valence-electron chi connectivity index (χ0n) is 12.8. The lowest BCUT2D eigenvalue weighted by atomic mass is 9.73. The van der Waals surface area contributed by atoms with Gasteiger partial charge >= 0.3 is 5.97 Å². The Hall–Kier alpha value is -1.62. The molecule has 1 aromatic heterocycles. The Morgan fingerprint density at radius 3 is 3.00 bits per heavy atom. The second-order valence-corrected chi connectivity index (χ2v) is 5.92. The van der Waals surface area contributed by atoms with Crippen molar-refractivity contribution in [2.45, 2.75) is 38.7 Å². The van der Waals surface area contributed by atoms with E-state index in [1.807, 2.05) is 37.1 Å². The number of hydrogen-bond donors (Lipinski definition) is 1. The van der Waals surface area contributed by atoms with Crippen LogP contribution in [0.1, 0.15) is 32.6 Å². The Labute approximate surface area is 125 Å². The first-order valence-electron chi connectivity index (χ1n) is 7.51. The van der Waals surface area contributed by atoms with E-state index in [0.29, 0.717) is 26.0 Å². The molecule has 0 spiro atoms. The third-order valence-electron chi connectivity index (χ3n) is 4.33. The van der Waals surface area contributed by atoms with Gasteiger partial charge in [-0.05, 0) is 31.9 Å². The number of ether oxygens (including phenoxy) is 1. The molecule has 0 radical (unpaired) electrons. The molecule has 1 saturated carbocycles. The second-order valence-electron chi connectivity index (χ2n) is 5.92. The molecular formula is C16H24N2O3. The van der Waals surface area contributed by atoms with Crippen molar-refractivity contribution < 1.29 is 14.6 Å². The minimum atomic E-state index is -0.748. The van der Waals surface area contributed by atoms with E-state index in [4.69, 9.17) is 4.74 Å². The molecule has 1 fully saturated rings. The zero-order chi connectivity index (χ0) is 15.3. The van der Waals surface area contributed by atoms with Crippen molar-refractivity contribution in [3.63, 3.8) is 0 Å². The molecule has 2 rings (SSSR count). The van der Waals surface area contributed by atoms with Crippen molar-refractivity contribution in [1.29, 1.82) is 0 Å². The van der Waals surface area contributed by atoms with E-state index in [0.717, 1.165) is 18.7 Å². The smallest absolute Gasteiger partial charge is 0.314 e. The summed E-state index contributed by atoms with van der Waals surface area (Å²) in [7, 11) is 1.91. The quantitative estimate of drug-likeness (QED) is 0.841. The molecular weight excluding hydrogens is 268 g/mol. The molecule has 1 aromatic rings. The SMILES string of the molecule is CN(CCOC(=O)C1(C)CCCC[C@H]1O)c1ccccn1. The largest absolute Gasteiger partial charge is 0.463 e. The van der Waals surface area contributed by atoms with E-state index < -0.39 is 11.5 Å². The molecule has 5 nitrogen and oxygen atoms in total. The summed E-state index contributed by atoms with van der Waals surface area (Å²) in [5.74, 6) is 0.557. The van der Waals surface area contributed by atoms with Crippen molar-refractivity contribution >= 4 is 11.8 Å². The van der Waals surface area contributed by atoms with Gasteiger partial charge in [-0.1, -0.05) is 18.9 Å². The standard InChI is InChI=1S/C16H24N2O3/c1-16(9-5-3-7-13(16)19)15(20)21-12-11-18(2)14-8-4-6-10-17-14/h4,6,8,10,13,19H,3,5,7,9,11-12H2,1-2H3/t13-,16?/m1/s1. The van der Waals surface area contributed by atoms with Crippen LogP contribution in [-0.2, 0) is 9.53 Å². The maximum atomic E-state index is 12.2. The summed E-state index contributed by atoms with van der Waals surface area (Å²) in [6.07, 6.45) is 4.47. The molecule has 21 heavy (non-hydrogen) atoms. The van der Waals surface area contributed by atoms with Crippen LogP contribution in [0.4, 0.5) is 5.82 Å². The molecule has 1 aliphatic carbocycles. The van der Waals surface area contributed by atoms with Crippen LogP contribution in [0.2, 0.25) is 0 Å². The first kappa shape index (κ1) is 15.8. The van der Waals surface area contributed by atoms with E-state index in [9.17, 15) is 9.90 Å². The van der Waals surface area contributed by atoms with E-state index in [2.05, 4.69) is 4.98 Å². The molecule has 0 bridgehead atoms. The van der Waals surface area contributed by atoms with Crippen LogP contribution < -0.4 is 4.90 Å². The third-order valence-corrected chi connectivity index (χ3v) is 4.33. The molecule has 1 N–H and O–H groups in total. The monoisotopic (exact) mass is 292 g/mol. The average molecular weight is 292 g/mol. The van der Waals surface area contributed by atoms with Crippen molar-refractivity contribution in [2.75, 3.05) is 25.1 Å². The number of aliphatic hydroxyl groups is 1. The molecule has 0 aromatic carbocycles. The minimum absolute atomic E-state index is 0.288. The summed E-state index contributed by atoms with van der Waals surface area (Å²) in [6.45, 7) is 2.69. The number of anilines is 1. The van der Waals surface area contributed by atoms with Crippen LogP contribution in [-0.4, -0.2) is 42.4 Å². The van der Waals surface area contributed by atoms with E-state index in [1.165, 1.54) is 0 Å². The van der Waals surface area contributed by atoms with Gasteiger partial charge in [-0.3, -0.25) is 4.79 Å². The van der Waals surface area contributed by atoms with Gasteiger partial charge in [0.2, 0.25) is 0 Å². The Balaban J connectivity index is 1.81. The van der Waals surface area contributed by atoms with Gasteiger partial charge in [0, 0.05) is 13.2 Å². The summed E-state index contributed by atoms with van der Waals surface area (Å²) in [5.41, 5.74) is -0.748. The van der Waals surface area contributed by atoms with Crippen molar-refractivity contribution in [1.82, 2.24) is 4.98 Å². The van der Waals surface area contributed by atoms with Gasteiger partial charge in [0.25, 0.3) is 0 Å². The van der Waals surface area contributed by atoms with Gasteiger partial charge in [-0.25, -0.2) is 4.98 Å². The summed E-state index contributed by atoms with van der Waals surface area (Å²) in [5, 5.41) is 10.1. The third kappa shape index (κ3) is 3.73. The summed E-state index contributed by atoms with van der Waals surface area (Å²) < 4.78 is 5.38. The Kier molecular flexibility index (Phi) is 5.17. The molecule has 0 aliphatic heterocycles. The molecule has 2 atom stereocenters. The molecule has 1 unspecified atom stereocenters. The lowest BCUT2D eigenvalue weighted by molar-refractivity contribution is -0.164. The maximum Gasteiger partial charge on any atom is 0.314 e. The highest BCUT2D eigenvalue weighted by molar-refractivity contribution is 5.77. The Morgan fingerprint density at radius 2 is 2.33 bits per heavy atom. The predicted molar refractivity (Wildman–Crippen MR) is 81.0 cm³/mol. The van der Waals surface area contributed by atoms with Crippen LogP contribution in [0.25, 0.3) is 0 Å². The molecule has 0 amide bonds. The number of aromatic nitrogens is 1. The highest BCUT2D eigenvalue weighted by Gasteiger charge is 2.43. The molecule has 5 heteroatoms. The normalized spacial score (nSPS) is 25.4. The first-order valence-corrected chi connectivity index (χ1v) is 7.51. The molecule has 0 saturated heterocycles. The lowest BCUT2D eigenvalue weighted by Gasteiger charge is -2.36. The second kappa shape index (κ2) is 6.89. The van der Waals surface area contributed by atoms with E-state index in [1.54, 1.807) is 6.20 Å². The Bertz CT molecular complexity index is 466. The van der Waals surface area contributed by atoms with Crippen molar-refractivity contribution in [2.24, 2.45) is 5.41 Å². The van der Waals surface area contributed by atoms with Crippen LogP contribution in [0.5, 0.6) is 0 Å². The zero-order valence-corrected chi connectivity index (χ0v) is 12.8. The maximum absolute atomic E-state index is 12.2. The van der Waals surface area contributed by atoms with E-state index >= 15 is 0 Å². The van der Waals surface area contributed by atoms with Gasteiger partial charge in [-0.15, -0.1) is 0 Å². The Morgan fingerprint density at radius 1 is 1.52 bits per heavy atom. The van der Waals surface area contributed by atoms with Crippen molar-refractivity contribution in [3.05, 3.63) is 24.4 Å². The van der Waals surface area contributed by atoms with Crippen LogP contribution in [0, 0.1) is 5.41 Å². The summed E-state index contributed by atoms with van der Waals surface area (Å²) >= 11 is 0. The lowest BCUT2D eigenvalue weighted by Crippen LogP contribution is -2.44. The molecule has 1 heterocycles. The van der Waals surface area contributed by atoms with Crippen LogP contribution >= 0.6 is 0 Å². The number of pyridine rings is 1. The number of rotatable bonds is 5. The number of likely N-dealkylation sites (N-methyl/N-ethyl adjacent to an activating group) is 1. The first-order chi connectivity index (χ1) is 10.0. The fourth-order valence-electron chi connectivity index (χ4n) is 2.69. The number of carbonyl (C=O) groups excluding carboxylic acids is 1. The van der Waals surface area contributed by atoms with Crippen molar-refractivity contribution in [3.8, 4) is 0 Å². The fraction of sp³-hybridized carbons (Fsp3) is 0.625. The van der Waals surface area contributed by atoms with Crippen LogP contribution in [0.15, 0.2) is 24.4 Å². The summed E-state index contributed by atoms with van der Waals surface area (Å²) in [6, 6.07) is 5.70. The number of nitrogens with zero attached hydrogens (tertiary/aromatic N) is 2. The minimum Gasteiger partial charge on any atom is -0.463 e. The van der Waals surface area contributed by atoms with Gasteiger partial charge in [0.05, 0.1) is 18.1 Å². The average Bonchev–Trinajstić information content (AvgIpc) is 2.51. The van der Waals surface area contributed by atoms with Crippen LogP contribution in [0.3, 0.4) is 0 Å². The highest BCUT2D eigenvalue weighted by atomic mass is 16.5. The predicted octanol–water partition coefficient (Wildman–Crippen LogP) is 2.00. The number of esters is 1. The van der Waals surface area contributed by atoms with E-state index in [-0.39, 0.29) is 5.97 Å². The van der Waals surface area contributed by atoms with Gasteiger partial charge in [0.1, 0.15) is 12.4 Å². The summed E-state index contributed by atoms with van der Waals surface area (Å²) in [4.78, 5) is 18.4. The molecule has 1 aliphatic rings. The number of carbonyl (C=O) groups is 1.